The maximum atomic E-state index is 9.67. The first-order valence-corrected chi connectivity index (χ1v) is 2.61. The Bertz CT molecular complexity index is 135. The van der Waals surface area contributed by atoms with Gasteiger partial charge in [-0.25, -0.2) is 0 Å². The first-order chi connectivity index (χ1) is 3.55. The predicted molar refractivity (Wildman–Crippen MR) is 29.6 cm³/mol. The van der Waals surface area contributed by atoms with Gasteiger partial charge in [-0.15, -0.1) is 0 Å². The second kappa shape index (κ2) is 3.17. The number of carbonyl (C=O) groups excluding carboxylic acids is 1. The minimum Gasteiger partial charge on any atom is -0.544 e. The Kier molecular flexibility index (Phi) is 3.21. The number of halogens is 3. The van der Waals surface area contributed by atoms with Crippen molar-refractivity contribution in [2.75, 3.05) is 0 Å². The fraction of sp³-hybridized carbons (Fsp3) is 0. The van der Waals surface area contributed by atoms with E-state index in [0.29, 0.717) is 0 Å². The summed E-state index contributed by atoms with van der Waals surface area (Å²) in [6.45, 7) is 0. The highest BCUT2D eigenvalue weighted by Crippen LogP contribution is 2.16. The Morgan fingerprint density at radius 3 is 1.62 bits per heavy atom. The molecule has 0 unspecified atom stereocenters. The van der Waals surface area contributed by atoms with Crippen LogP contribution in [0.5, 0.6) is 0 Å². The largest absolute Gasteiger partial charge is 0.544 e. The van der Waals surface area contributed by atoms with Crippen LogP contribution in [0.25, 0.3) is 0 Å². The summed E-state index contributed by atoms with van der Waals surface area (Å²) in [5.74, 6) is -1.58. The molecule has 0 fully saturated rings. The van der Waals surface area contributed by atoms with E-state index in [1.165, 1.54) is 0 Å². The average molecular weight is 174 g/mol. The molecule has 0 amide bonds. The van der Waals surface area contributed by atoms with E-state index in [2.05, 4.69) is 0 Å². The monoisotopic (exact) mass is 173 g/mol. The third-order valence-electron chi connectivity index (χ3n) is 0.345. The van der Waals surface area contributed by atoms with E-state index in [0.717, 1.165) is 0 Å². The lowest BCUT2D eigenvalue weighted by Crippen LogP contribution is -2.22. The summed E-state index contributed by atoms with van der Waals surface area (Å²) >= 11 is 14.7. The molecule has 0 rings (SSSR count). The van der Waals surface area contributed by atoms with Crippen molar-refractivity contribution >= 4 is 40.8 Å². The lowest BCUT2D eigenvalue weighted by Gasteiger charge is -1.95. The van der Waals surface area contributed by atoms with Gasteiger partial charge in [0, 0.05) is 0 Å². The molecule has 5 heteroatoms. The van der Waals surface area contributed by atoms with Crippen LogP contribution in [0.3, 0.4) is 0 Å². The number of carbonyl (C=O) groups is 1. The standard InChI is InChI=1S/C3HCl3O2/c4-1(2(5)6)3(7)8/h(H,7,8)/p-1. The van der Waals surface area contributed by atoms with Crippen LogP contribution in [-0.2, 0) is 4.79 Å². The normalized spacial score (nSPS) is 8.38. The molecule has 2 nitrogen and oxygen atoms in total. The molecule has 0 bridgehead atoms. The number of aliphatic carboxylic acids is 1. The Morgan fingerprint density at radius 1 is 1.25 bits per heavy atom. The van der Waals surface area contributed by atoms with E-state index < -0.39 is 15.5 Å². The molecule has 8 heavy (non-hydrogen) atoms. The van der Waals surface area contributed by atoms with Gasteiger partial charge in [0.25, 0.3) is 0 Å². The molecule has 0 aliphatic rings. The zero-order chi connectivity index (χ0) is 6.73. The van der Waals surface area contributed by atoms with Crippen LogP contribution in [0, 0.1) is 0 Å². The van der Waals surface area contributed by atoms with Gasteiger partial charge in [0.2, 0.25) is 0 Å². The number of hydrogen-bond donors (Lipinski definition) is 0. The van der Waals surface area contributed by atoms with Gasteiger partial charge >= 0.3 is 0 Å². The molecular weight excluding hydrogens is 174 g/mol. The molecule has 0 radical (unpaired) electrons. The quantitative estimate of drug-likeness (QED) is 0.547. The van der Waals surface area contributed by atoms with Crippen molar-refractivity contribution in [3.63, 3.8) is 0 Å². The van der Waals surface area contributed by atoms with Crippen molar-refractivity contribution in [2.24, 2.45) is 0 Å². The Hall–Kier alpha value is 0.0800. The van der Waals surface area contributed by atoms with Gasteiger partial charge in [0.1, 0.15) is 4.49 Å². The fourth-order valence-electron chi connectivity index (χ4n) is 0.0772. The smallest absolute Gasteiger partial charge is 0.127 e. The Labute approximate surface area is 60.6 Å². The third-order valence-corrected chi connectivity index (χ3v) is 1.26. The number of carboxylic acid groups (broad SMARTS) is 1. The molecule has 0 saturated heterocycles. The first kappa shape index (κ1) is 8.08. The minimum absolute atomic E-state index is 0.494. The predicted octanol–water partition coefficient (Wildman–Crippen LogP) is 0.622. The van der Waals surface area contributed by atoms with Crippen LogP contribution in [0.4, 0.5) is 0 Å². The zero-order valence-electron chi connectivity index (χ0n) is 3.45. The van der Waals surface area contributed by atoms with Gasteiger partial charge in [-0.2, -0.15) is 0 Å². The van der Waals surface area contributed by atoms with Crippen LogP contribution in [0.15, 0.2) is 9.52 Å². The number of rotatable bonds is 1. The van der Waals surface area contributed by atoms with Gasteiger partial charge in [0.15, 0.2) is 0 Å². The molecular formula is C3Cl3O2-. The Balaban J connectivity index is 4.23. The van der Waals surface area contributed by atoms with Gasteiger partial charge in [-0.05, 0) is 0 Å². The Morgan fingerprint density at radius 2 is 1.62 bits per heavy atom. The van der Waals surface area contributed by atoms with Crippen LogP contribution in [-0.4, -0.2) is 5.97 Å². The van der Waals surface area contributed by atoms with Crippen molar-refractivity contribution in [1.82, 2.24) is 0 Å². The van der Waals surface area contributed by atoms with Crippen molar-refractivity contribution in [3.8, 4) is 0 Å². The molecule has 0 atom stereocenters. The summed E-state index contributed by atoms with van der Waals surface area (Å²) in [5, 5.41) is 9.00. The van der Waals surface area contributed by atoms with Crippen molar-refractivity contribution in [3.05, 3.63) is 9.52 Å². The molecule has 0 aromatic heterocycles. The van der Waals surface area contributed by atoms with E-state index in [1.807, 2.05) is 0 Å². The van der Waals surface area contributed by atoms with Crippen LogP contribution >= 0.6 is 34.8 Å². The molecule has 0 N–H and O–H groups in total. The first-order valence-electron chi connectivity index (χ1n) is 1.48. The van der Waals surface area contributed by atoms with E-state index in [9.17, 15) is 9.90 Å². The van der Waals surface area contributed by atoms with Gasteiger partial charge < -0.3 is 9.90 Å². The zero-order valence-corrected chi connectivity index (χ0v) is 5.72. The maximum absolute atomic E-state index is 9.67. The summed E-state index contributed by atoms with van der Waals surface area (Å²) in [6, 6.07) is 0. The molecule has 0 spiro atoms. The highest BCUT2D eigenvalue weighted by molar-refractivity contribution is 6.62. The highest BCUT2D eigenvalue weighted by Gasteiger charge is 1.96. The molecule has 0 aliphatic heterocycles. The van der Waals surface area contributed by atoms with E-state index in [1.54, 1.807) is 0 Å². The van der Waals surface area contributed by atoms with Gasteiger partial charge in [-0.1, -0.05) is 34.8 Å². The molecule has 0 aromatic carbocycles. The third kappa shape index (κ3) is 2.40. The van der Waals surface area contributed by atoms with E-state index >= 15 is 0 Å². The SMILES string of the molecule is O=C([O-])C(Cl)=C(Cl)Cl. The summed E-state index contributed by atoms with van der Waals surface area (Å²) in [6.07, 6.45) is 0. The molecule has 46 valence electrons. The van der Waals surface area contributed by atoms with Crippen molar-refractivity contribution in [1.29, 1.82) is 0 Å². The summed E-state index contributed by atoms with van der Waals surface area (Å²) in [5.41, 5.74) is 0. The van der Waals surface area contributed by atoms with Crippen LogP contribution < -0.4 is 5.11 Å². The lowest BCUT2D eigenvalue weighted by molar-refractivity contribution is -0.298. The van der Waals surface area contributed by atoms with Crippen LogP contribution in [0.2, 0.25) is 0 Å². The number of carboxylic acids is 1. The van der Waals surface area contributed by atoms with Crippen LogP contribution in [0.1, 0.15) is 0 Å². The lowest BCUT2D eigenvalue weighted by atomic mass is 10.7. The van der Waals surface area contributed by atoms with E-state index in [4.69, 9.17) is 34.8 Å². The second-order valence-corrected chi connectivity index (χ2v) is 2.19. The molecule has 0 aromatic rings. The highest BCUT2D eigenvalue weighted by atomic mass is 35.5. The summed E-state index contributed by atoms with van der Waals surface area (Å²) < 4.78 is -0.494. The molecule has 0 aliphatic carbocycles. The minimum atomic E-state index is -1.58. The summed E-state index contributed by atoms with van der Waals surface area (Å²) in [4.78, 5) is 9.67. The maximum Gasteiger partial charge on any atom is 0.127 e. The van der Waals surface area contributed by atoms with Gasteiger partial charge in [0.05, 0.1) is 11.0 Å². The van der Waals surface area contributed by atoms with Crippen molar-refractivity contribution in [2.45, 2.75) is 0 Å². The second-order valence-electron chi connectivity index (χ2n) is 0.862. The summed E-state index contributed by atoms with van der Waals surface area (Å²) in [7, 11) is 0. The number of hydrogen-bond acceptors (Lipinski definition) is 2. The topological polar surface area (TPSA) is 40.1 Å². The van der Waals surface area contributed by atoms with Gasteiger partial charge in [-0.3, -0.25) is 0 Å². The molecule has 0 saturated carbocycles. The van der Waals surface area contributed by atoms with E-state index in [-0.39, 0.29) is 0 Å². The van der Waals surface area contributed by atoms with Crippen molar-refractivity contribution < 1.29 is 9.90 Å². The fourth-order valence-corrected chi connectivity index (χ4v) is 0.231. The molecule has 0 heterocycles. The average Bonchev–Trinajstić information content (AvgIpc) is 1.64.